The van der Waals surface area contributed by atoms with Crippen LogP contribution in [-0.2, 0) is 4.79 Å². The number of nitrogens with zero attached hydrogens (tertiary/aromatic N) is 1. The fourth-order valence-corrected chi connectivity index (χ4v) is 2.54. The fraction of sp³-hybridized carbons (Fsp3) is 0.312. The fourth-order valence-electron chi connectivity index (χ4n) is 2.29. The minimum absolute atomic E-state index is 0.0688. The number of pyridine rings is 1. The molecule has 0 aliphatic heterocycles. The normalized spacial score (nSPS) is 12.3. The molecule has 122 valence electrons. The quantitative estimate of drug-likeness (QED) is 0.729. The van der Waals surface area contributed by atoms with Crippen molar-refractivity contribution >= 4 is 34.2 Å². The van der Waals surface area contributed by atoms with Gasteiger partial charge < -0.3 is 15.5 Å². The van der Waals surface area contributed by atoms with Gasteiger partial charge in [-0.1, -0.05) is 49.7 Å². The zero-order valence-corrected chi connectivity index (χ0v) is 13.5. The largest absolute Gasteiger partial charge is 0.505 e. The van der Waals surface area contributed by atoms with Crippen molar-refractivity contribution in [1.82, 2.24) is 10.3 Å². The Bertz CT molecular complexity index is 761. The Morgan fingerprint density at radius 1 is 1.26 bits per heavy atom. The van der Waals surface area contributed by atoms with E-state index in [0.717, 1.165) is 0 Å². The minimum atomic E-state index is -1.14. The van der Waals surface area contributed by atoms with E-state index in [-0.39, 0.29) is 28.9 Å². The van der Waals surface area contributed by atoms with Crippen LogP contribution in [0.3, 0.4) is 0 Å². The smallest absolute Gasteiger partial charge is 0.326 e. The molecule has 23 heavy (non-hydrogen) atoms. The zero-order valence-electron chi connectivity index (χ0n) is 12.7. The maximum absolute atomic E-state index is 12.3. The molecule has 1 atom stereocenters. The first-order valence-corrected chi connectivity index (χ1v) is 7.50. The molecule has 0 bridgehead atoms. The number of aromatic hydroxyl groups is 1. The summed E-state index contributed by atoms with van der Waals surface area (Å²) in [6, 6.07) is 5.65. The lowest BCUT2D eigenvalue weighted by molar-refractivity contribution is -0.139. The number of amides is 1. The van der Waals surface area contributed by atoms with E-state index in [1.165, 1.54) is 0 Å². The summed E-state index contributed by atoms with van der Waals surface area (Å²) in [7, 11) is 0. The number of carbonyl (C=O) groups is 2. The Morgan fingerprint density at radius 3 is 2.43 bits per heavy atom. The second-order valence-corrected chi connectivity index (χ2v) is 6.00. The molecule has 7 heteroatoms. The predicted octanol–water partition coefficient (Wildman–Crippen LogP) is 2.82. The number of fused-ring (bicyclic) bond motifs is 1. The lowest BCUT2D eigenvalue weighted by atomic mass is 10.0. The summed E-state index contributed by atoms with van der Waals surface area (Å²) in [5.74, 6) is -2.16. The van der Waals surface area contributed by atoms with Crippen molar-refractivity contribution in [3.8, 4) is 5.75 Å². The van der Waals surface area contributed by atoms with Crippen LogP contribution in [0.25, 0.3) is 10.8 Å². The van der Waals surface area contributed by atoms with Crippen LogP contribution in [0, 0.1) is 5.92 Å². The number of nitrogens with one attached hydrogen (secondary N) is 1. The highest BCUT2D eigenvalue weighted by atomic mass is 35.5. The van der Waals surface area contributed by atoms with Crippen molar-refractivity contribution in [3.63, 3.8) is 0 Å². The van der Waals surface area contributed by atoms with Crippen LogP contribution in [0.5, 0.6) is 5.75 Å². The summed E-state index contributed by atoms with van der Waals surface area (Å²) in [6.45, 7) is 3.70. The van der Waals surface area contributed by atoms with Gasteiger partial charge in [-0.2, -0.15) is 0 Å². The number of carboxylic acids is 1. The molecule has 3 N–H and O–H groups in total. The van der Waals surface area contributed by atoms with Gasteiger partial charge in [0.2, 0.25) is 0 Å². The van der Waals surface area contributed by atoms with Gasteiger partial charge in [-0.15, -0.1) is 0 Å². The molecule has 1 amide bonds. The van der Waals surface area contributed by atoms with E-state index in [0.29, 0.717) is 10.8 Å². The van der Waals surface area contributed by atoms with E-state index in [9.17, 15) is 19.8 Å². The maximum atomic E-state index is 12.3. The molecule has 1 aromatic carbocycles. The Morgan fingerprint density at radius 2 is 1.87 bits per heavy atom. The molecule has 2 rings (SSSR count). The van der Waals surface area contributed by atoms with Gasteiger partial charge in [-0.3, -0.25) is 4.79 Å². The van der Waals surface area contributed by atoms with Crippen LogP contribution in [0.1, 0.15) is 30.8 Å². The topological polar surface area (TPSA) is 99.5 Å². The number of benzene rings is 1. The molecule has 0 saturated carbocycles. The van der Waals surface area contributed by atoms with E-state index in [1.54, 1.807) is 24.3 Å². The Hall–Kier alpha value is -2.34. The van der Waals surface area contributed by atoms with Gasteiger partial charge in [-0.25, -0.2) is 9.78 Å². The van der Waals surface area contributed by atoms with Crippen LogP contribution in [0.15, 0.2) is 24.3 Å². The average Bonchev–Trinajstić information content (AvgIpc) is 2.49. The second-order valence-electron chi connectivity index (χ2n) is 5.64. The summed E-state index contributed by atoms with van der Waals surface area (Å²) < 4.78 is 0. The van der Waals surface area contributed by atoms with Gasteiger partial charge in [0.15, 0.2) is 11.4 Å². The maximum Gasteiger partial charge on any atom is 0.326 e. The van der Waals surface area contributed by atoms with Crippen molar-refractivity contribution in [2.45, 2.75) is 26.3 Å². The number of hydrogen-bond acceptors (Lipinski definition) is 4. The van der Waals surface area contributed by atoms with E-state index < -0.39 is 17.9 Å². The first kappa shape index (κ1) is 17.0. The number of carbonyl (C=O) groups excluding carboxylic acids is 1. The van der Waals surface area contributed by atoms with Crippen LogP contribution in [0.2, 0.25) is 5.15 Å². The van der Waals surface area contributed by atoms with Crippen LogP contribution >= 0.6 is 11.6 Å². The molecule has 0 saturated heterocycles. The summed E-state index contributed by atoms with van der Waals surface area (Å²) in [4.78, 5) is 27.4. The van der Waals surface area contributed by atoms with Gasteiger partial charge >= 0.3 is 5.97 Å². The SMILES string of the molecule is CC(C)C[C@H](NC(=O)c1nc(Cl)c2ccccc2c1O)C(=O)O. The van der Waals surface area contributed by atoms with Gasteiger partial charge in [0.1, 0.15) is 11.2 Å². The molecule has 6 nitrogen and oxygen atoms in total. The van der Waals surface area contributed by atoms with Crippen LogP contribution in [-0.4, -0.2) is 33.1 Å². The molecule has 0 aliphatic rings. The van der Waals surface area contributed by atoms with E-state index >= 15 is 0 Å². The standard InChI is InChI=1S/C16H17ClN2O4/c1-8(2)7-11(16(22)23)18-15(21)12-13(20)9-5-3-4-6-10(9)14(17)19-12/h3-6,8,11,20H,7H2,1-2H3,(H,18,21)(H,22,23)/t11-/m0/s1. The Kier molecular flexibility index (Phi) is 5.05. The monoisotopic (exact) mass is 336 g/mol. The highest BCUT2D eigenvalue weighted by molar-refractivity contribution is 6.34. The first-order valence-electron chi connectivity index (χ1n) is 7.12. The van der Waals surface area contributed by atoms with E-state index in [2.05, 4.69) is 10.3 Å². The van der Waals surface area contributed by atoms with Crippen molar-refractivity contribution in [1.29, 1.82) is 0 Å². The predicted molar refractivity (Wildman–Crippen MR) is 86.8 cm³/mol. The van der Waals surface area contributed by atoms with Gasteiger partial charge in [0.25, 0.3) is 5.91 Å². The highest BCUT2D eigenvalue weighted by Gasteiger charge is 2.25. The Labute approximate surface area is 138 Å². The number of aliphatic carboxylic acids is 1. The number of rotatable bonds is 5. The minimum Gasteiger partial charge on any atom is -0.505 e. The number of carboxylic acid groups (broad SMARTS) is 1. The van der Waals surface area contributed by atoms with Gasteiger partial charge in [-0.05, 0) is 12.3 Å². The molecular weight excluding hydrogens is 320 g/mol. The van der Waals surface area contributed by atoms with Crippen LogP contribution < -0.4 is 5.32 Å². The third kappa shape index (κ3) is 3.71. The van der Waals surface area contributed by atoms with Gasteiger partial charge in [0, 0.05) is 10.8 Å². The molecule has 0 fully saturated rings. The number of aromatic nitrogens is 1. The van der Waals surface area contributed by atoms with Crippen molar-refractivity contribution < 1.29 is 19.8 Å². The van der Waals surface area contributed by atoms with Crippen molar-refractivity contribution in [2.24, 2.45) is 5.92 Å². The third-order valence-electron chi connectivity index (χ3n) is 3.36. The molecule has 1 heterocycles. The summed E-state index contributed by atoms with van der Waals surface area (Å²) >= 11 is 6.04. The molecule has 0 aliphatic carbocycles. The molecule has 0 spiro atoms. The average molecular weight is 337 g/mol. The molecule has 0 unspecified atom stereocenters. The molecule has 0 radical (unpaired) electrons. The van der Waals surface area contributed by atoms with Crippen LogP contribution in [0.4, 0.5) is 0 Å². The molecule has 2 aromatic rings. The second kappa shape index (κ2) is 6.83. The molecular formula is C16H17ClN2O4. The summed E-state index contributed by atoms with van der Waals surface area (Å²) in [6.07, 6.45) is 0.267. The number of hydrogen-bond donors (Lipinski definition) is 3. The lowest BCUT2D eigenvalue weighted by Crippen LogP contribution is -2.42. The molecule has 1 aromatic heterocycles. The first-order chi connectivity index (χ1) is 10.8. The lowest BCUT2D eigenvalue weighted by Gasteiger charge is -2.17. The highest BCUT2D eigenvalue weighted by Crippen LogP contribution is 2.31. The van der Waals surface area contributed by atoms with Crippen molar-refractivity contribution in [2.75, 3.05) is 0 Å². The van der Waals surface area contributed by atoms with Gasteiger partial charge in [0.05, 0.1) is 0 Å². The van der Waals surface area contributed by atoms with Crippen molar-refractivity contribution in [3.05, 3.63) is 35.1 Å². The third-order valence-corrected chi connectivity index (χ3v) is 3.65. The summed E-state index contributed by atoms with van der Waals surface area (Å²) in [5, 5.41) is 22.8. The van der Waals surface area contributed by atoms with E-state index in [1.807, 2.05) is 13.8 Å². The van der Waals surface area contributed by atoms with E-state index in [4.69, 9.17) is 11.6 Å². The Balaban J connectivity index is 2.37. The zero-order chi connectivity index (χ0) is 17.1. The summed E-state index contributed by atoms with van der Waals surface area (Å²) in [5.41, 5.74) is -0.288. The number of halogens is 1.